The van der Waals surface area contributed by atoms with Crippen molar-refractivity contribution in [3.63, 3.8) is 0 Å². The molecule has 0 fully saturated rings. The summed E-state index contributed by atoms with van der Waals surface area (Å²) in [7, 11) is 0. The monoisotopic (exact) mass is 703 g/mol. The number of furan rings is 2. The molecule has 0 unspecified atom stereocenters. The standard InChI is InChI=1S/C52H33NO2/c1-2-9-37-30-39(17-16-34(37)8-1)38-10-7-11-44(31-38)53(42-24-18-35(19-25-42)40-22-28-47-45-12-3-5-14-49(45)54-51(47)32-40)43-26-20-36(21-27-43)41-23-29-48-46-13-4-6-15-50(46)55-52(48)33-41/h1-33H. The van der Waals surface area contributed by atoms with Crippen molar-refractivity contribution in [3.05, 3.63) is 200 Å². The fraction of sp³-hybridized carbons (Fsp3) is 0. The first kappa shape index (κ1) is 31.2. The molecule has 2 heterocycles. The molecule has 0 radical (unpaired) electrons. The molecule has 0 aliphatic carbocycles. The van der Waals surface area contributed by atoms with Gasteiger partial charge < -0.3 is 13.7 Å². The van der Waals surface area contributed by atoms with Crippen LogP contribution in [0.2, 0.25) is 0 Å². The molecule has 55 heavy (non-hydrogen) atoms. The number of benzene rings is 9. The van der Waals surface area contributed by atoms with E-state index in [-0.39, 0.29) is 0 Å². The third kappa shape index (κ3) is 5.45. The van der Waals surface area contributed by atoms with Crippen LogP contribution in [-0.4, -0.2) is 0 Å². The Morgan fingerprint density at radius 3 is 1.31 bits per heavy atom. The average Bonchev–Trinajstić information content (AvgIpc) is 3.82. The van der Waals surface area contributed by atoms with E-state index in [1.807, 2.05) is 24.3 Å². The molecule has 0 saturated carbocycles. The molecule has 11 aromatic rings. The van der Waals surface area contributed by atoms with Gasteiger partial charge in [-0.3, -0.25) is 0 Å². The van der Waals surface area contributed by atoms with Crippen molar-refractivity contribution in [1.29, 1.82) is 0 Å². The van der Waals surface area contributed by atoms with Crippen LogP contribution in [0, 0.1) is 0 Å². The minimum Gasteiger partial charge on any atom is -0.456 e. The summed E-state index contributed by atoms with van der Waals surface area (Å²) in [5, 5.41) is 7.02. The molecule has 258 valence electrons. The van der Waals surface area contributed by atoms with E-state index in [4.69, 9.17) is 8.83 Å². The first-order chi connectivity index (χ1) is 27.2. The van der Waals surface area contributed by atoms with Gasteiger partial charge in [-0.2, -0.15) is 0 Å². The van der Waals surface area contributed by atoms with Crippen molar-refractivity contribution in [2.45, 2.75) is 0 Å². The third-order valence-electron chi connectivity index (χ3n) is 10.9. The van der Waals surface area contributed by atoms with Crippen molar-refractivity contribution < 1.29 is 8.83 Å². The molecular formula is C52H33NO2. The summed E-state index contributed by atoms with van der Waals surface area (Å²) in [5.41, 5.74) is 13.7. The lowest BCUT2D eigenvalue weighted by molar-refractivity contribution is 0.668. The summed E-state index contributed by atoms with van der Waals surface area (Å²) in [5.74, 6) is 0. The highest BCUT2D eigenvalue weighted by molar-refractivity contribution is 6.07. The van der Waals surface area contributed by atoms with Crippen molar-refractivity contribution in [3.8, 4) is 33.4 Å². The largest absolute Gasteiger partial charge is 0.456 e. The predicted octanol–water partition coefficient (Wildman–Crippen LogP) is 15.1. The highest BCUT2D eigenvalue weighted by Crippen LogP contribution is 2.40. The zero-order chi connectivity index (χ0) is 36.3. The minimum absolute atomic E-state index is 0.898. The van der Waals surface area contributed by atoms with Gasteiger partial charge in [-0.1, -0.05) is 121 Å². The Morgan fingerprint density at radius 2 is 0.709 bits per heavy atom. The van der Waals surface area contributed by atoms with Crippen LogP contribution in [0.1, 0.15) is 0 Å². The van der Waals surface area contributed by atoms with Crippen molar-refractivity contribution in [2.24, 2.45) is 0 Å². The van der Waals surface area contributed by atoms with Gasteiger partial charge in [0.2, 0.25) is 0 Å². The highest BCUT2D eigenvalue weighted by Gasteiger charge is 2.16. The first-order valence-electron chi connectivity index (χ1n) is 18.6. The van der Waals surface area contributed by atoms with E-state index in [9.17, 15) is 0 Å². The predicted molar refractivity (Wildman–Crippen MR) is 229 cm³/mol. The smallest absolute Gasteiger partial charge is 0.136 e. The Morgan fingerprint density at radius 1 is 0.255 bits per heavy atom. The van der Waals surface area contributed by atoms with Gasteiger partial charge in [0.15, 0.2) is 0 Å². The maximum absolute atomic E-state index is 6.23. The SMILES string of the molecule is c1cc(-c2ccc3ccccc3c2)cc(N(c2ccc(-c3ccc4c(c3)oc3ccccc34)cc2)c2ccc(-c3ccc4c(c3)oc3ccccc34)cc2)c1. The van der Waals surface area contributed by atoms with Gasteiger partial charge in [0, 0.05) is 38.6 Å². The van der Waals surface area contributed by atoms with Gasteiger partial charge in [-0.05, 0) is 123 Å². The van der Waals surface area contributed by atoms with E-state index in [0.717, 1.165) is 83.2 Å². The summed E-state index contributed by atoms with van der Waals surface area (Å²) in [6.45, 7) is 0. The topological polar surface area (TPSA) is 29.5 Å². The van der Waals surface area contributed by atoms with E-state index in [1.54, 1.807) is 0 Å². The molecule has 0 aliphatic heterocycles. The first-order valence-corrected chi connectivity index (χ1v) is 18.6. The van der Waals surface area contributed by atoms with Gasteiger partial charge in [-0.25, -0.2) is 0 Å². The van der Waals surface area contributed by atoms with Crippen LogP contribution in [0.15, 0.2) is 209 Å². The van der Waals surface area contributed by atoms with Crippen LogP contribution in [0.3, 0.4) is 0 Å². The lowest BCUT2D eigenvalue weighted by atomic mass is 10.00. The van der Waals surface area contributed by atoms with E-state index in [2.05, 4.69) is 181 Å². The van der Waals surface area contributed by atoms with Gasteiger partial charge in [0.25, 0.3) is 0 Å². The number of fused-ring (bicyclic) bond motifs is 7. The molecule has 3 heteroatoms. The molecule has 0 bridgehead atoms. The zero-order valence-corrected chi connectivity index (χ0v) is 29.8. The summed E-state index contributed by atoms with van der Waals surface area (Å²) in [4.78, 5) is 2.34. The van der Waals surface area contributed by atoms with Gasteiger partial charge in [0.05, 0.1) is 0 Å². The zero-order valence-electron chi connectivity index (χ0n) is 29.8. The number of rotatable bonds is 6. The van der Waals surface area contributed by atoms with Crippen LogP contribution < -0.4 is 4.90 Å². The fourth-order valence-corrected chi connectivity index (χ4v) is 8.06. The molecular weight excluding hydrogens is 671 g/mol. The van der Waals surface area contributed by atoms with Gasteiger partial charge >= 0.3 is 0 Å². The van der Waals surface area contributed by atoms with Gasteiger partial charge in [-0.15, -0.1) is 0 Å². The maximum Gasteiger partial charge on any atom is 0.136 e. The second kappa shape index (κ2) is 12.6. The van der Waals surface area contributed by atoms with Crippen LogP contribution in [0.4, 0.5) is 17.1 Å². The van der Waals surface area contributed by atoms with E-state index in [1.165, 1.54) is 21.9 Å². The number of anilines is 3. The lowest BCUT2D eigenvalue weighted by Crippen LogP contribution is -2.10. The van der Waals surface area contributed by atoms with E-state index < -0.39 is 0 Å². The van der Waals surface area contributed by atoms with Gasteiger partial charge in [0.1, 0.15) is 22.3 Å². The van der Waals surface area contributed by atoms with Crippen LogP contribution in [0.25, 0.3) is 88.0 Å². The number of hydrogen-bond donors (Lipinski definition) is 0. The van der Waals surface area contributed by atoms with Crippen molar-refractivity contribution in [2.75, 3.05) is 4.90 Å². The lowest BCUT2D eigenvalue weighted by Gasteiger charge is -2.26. The molecule has 0 saturated heterocycles. The molecule has 3 nitrogen and oxygen atoms in total. The summed E-state index contributed by atoms with van der Waals surface area (Å²) in [6, 6.07) is 71.2. The molecule has 11 rings (SSSR count). The van der Waals surface area contributed by atoms with Crippen molar-refractivity contribution in [1.82, 2.24) is 0 Å². The molecule has 0 N–H and O–H groups in total. The molecule has 0 atom stereocenters. The molecule has 0 amide bonds. The molecule has 0 aliphatic rings. The quantitative estimate of drug-likeness (QED) is 0.173. The number of nitrogens with zero attached hydrogens (tertiary/aromatic N) is 1. The molecule has 0 spiro atoms. The maximum atomic E-state index is 6.23. The summed E-state index contributed by atoms with van der Waals surface area (Å²) in [6.07, 6.45) is 0. The summed E-state index contributed by atoms with van der Waals surface area (Å²) >= 11 is 0. The Balaban J connectivity index is 0.984. The Bertz CT molecular complexity index is 3050. The van der Waals surface area contributed by atoms with E-state index in [0.29, 0.717) is 0 Å². The van der Waals surface area contributed by atoms with Crippen LogP contribution in [0.5, 0.6) is 0 Å². The third-order valence-corrected chi connectivity index (χ3v) is 10.9. The second-order valence-corrected chi connectivity index (χ2v) is 14.2. The molecule has 9 aromatic carbocycles. The minimum atomic E-state index is 0.898. The number of para-hydroxylation sites is 2. The fourth-order valence-electron chi connectivity index (χ4n) is 8.06. The second-order valence-electron chi connectivity index (χ2n) is 14.2. The van der Waals surface area contributed by atoms with Crippen LogP contribution in [-0.2, 0) is 0 Å². The Labute approximate surface area is 317 Å². The van der Waals surface area contributed by atoms with E-state index >= 15 is 0 Å². The normalized spacial score (nSPS) is 11.6. The number of hydrogen-bond acceptors (Lipinski definition) is 3. The summed E-state index contributed by atoms with van der Waals surface area (Å²) < 4.78 is 12.5. The Kier molecular flexibility index (Phi) is 7.17. The highest BCUT2D eigenvalue weighted by atomic mass is 16.3. The van der Waals surface area contributed by atoms with Crippen molar-refractivity contribution >= 4 is 71.7 Å². The average molecular weight is 704 g/mol. The molecule has 2 aromatic heterocycles. The van der Waals surface area contributed by atoms with Crippen LogP contribution >= 0.6 is 0 Å². The Hall–Kier alpha value is -7.36.